The van der Waals surface area contributed by atoms with Gasteiger partial charge in [0.2, 0.25) is 0 Å². The number of hydrogen-bond donors (Lipinski definition) is 0. The fourth-order valence-electron chi connectivity index (χ4n) is 0.691. The van der Waals surface area contributed by atoms with Crippen LogP contribution in [0.2, 0.25) is 0 Å². The molecular weight excluding hydrogens is 144 g/mol. The van der Waals surface area contributed by atoms with E-state index >= 15 is 0 Å². The van der Waals surface area contributed by atoms with Crippen LogP contribution in [0.15, 0.2) is 29.2 Å². The second kappa shape index (κ2) is 3.52. The molecule has 0 aliphatic carbocycles. The molecule has 53 valence electrons. The normalized spacial score (nSPS) is 9.40. The van der Waals surface area contributed by atoms with Crippen molar-refractivity contribution in [1.29, 1.82) is 0 Å². The van der Waals surface area contributed by atoms with Crippen molar-refractivity contribution in [3.63, 3.8) is 0 Å². The molecule has 2 heteroatoms. The van der Waals surface area contributed by atoms with Crippen molar-refractivity contribution in [2.75, 3.05) is 6.26 Å². The monoisotopic (exact) mass is 153 g/mol. The lowest BCUT2D eigenvalue weighted by Crippen LogP contribution is -1.77. The predicted molar refractivity (Wildman–Crippen MR) is 44.2 cm³/mol. The molecule has 1 radical (unpaired) electrons. The Hall–Kier alpha value is -0.630. The fraction of sp³-hybridized carbons (Fsp3) is 0.125. The molecule has 1 aromatic rings. The van der Waals surface area contributed by atoms with E-state index in [1.54, 1.807) is 11.8 Å². The van der Waals surface area contributed by atoms with Crippen molar-refractivity contribution in [3.8, 4) is 5.75 Å². The van der Waals surface area contributed by atoms with Gasteiger partial charge in [-0.05, 0) is 24.5 Å². The molecule has 0 bridgehead atoms. The molecule has 10 heavy (non-hydrogen) atoms. The predicted octanol–water partition coefficient (Wildman–Crippen LogP) is 2.58. The van der Waals surface area contributed by atoms with Crippen molar-refractivity contribution in [3.05, 3.63) is 31.4 Å². The van der Waals surface area contributed by atoms with Crippen molar-refractivity contribution in [1.82, 2.24) is 0 Å². The molecular formula is C8H9OS. The number of ether oxygens (including phenoxy) is 1. The Balaban J connectivity index is 2.87. The Kier molecular flexibility index (Phi) is 2.63. The lowest BCUT2D eigenvalue weighted by Gasteiger charge is -1.99. The SMILES string of the molecule is [CH2]Oc1cccc(SC)c1. The summed E-state index contributed by atoms with van der Waals surface area (Å²) in [6.45, 7) is 0. The zero-order valence-electron chi connectivity index (χ0n) is 5.83. The van der Waals surface area contributed by atoms with Crippen LogP contribution in [0, 0.1) is 7.11 Å². The van der Waals surface area contributed by atoms with E-state index in [2.05, 4.69) is 7.11 Å². The molecule has 0 N–H and O–H groups in total. The van der Waals surface area contributed by atoms with E-state index in [0.717, 1.165) is 5.75 Å². The Labute approximate surface area is 65.4 Å². The number of hydrogen-bond acceptors (Lipinski definition) is 2. The average Bonchev–Trinajstić information content (AvgIpc) is 2.05. The Morgan fingerprint density at radius 1 is 1.50 bits per heavy atom. The summed E-state index contributed by atoms with van der Waals surface area (Å²) in [5.41, 5.74) is 0. The van der Waals surface area contributed by atoms with Gasteiger partial charge in [0.05, 0.1) is 0 Å². The van der Waals surface area contributed by atoms with Gasteiger partial charge in [0.25, 0.3) is 0 Å². The van der Waals surface area contributed by atoms with Gasteiger partial charge in [0.15, 0.2) is 0 Å². The van der Waals surface area contributed by atoms with Gasteiger partial charge >= 0.3 is 0 Å². The maximum absolute atomic E-state index is 4.79. The molecule has 0 aromatic heterocycles. The van der Waals surface area contributed by atoms with Crippen molar-refractivity contribution < 1.29 is 4.74 Å². The molecule has 0 fully saturated rings. The molecule has 0 heterocycles. The number of benzene rings is 1. The minimum Gasteiger partial charge on any atom is -0.490 e. The maximum atomic E-state index is 4.79. The third kappa shape index (κ3) is 1.67. The highest BCUT2D eigenvalue weighted by atomic mass is 32.2. The van der Waals surface area contributed by atoms with Crippen LogP contribution >= 0.6 is 11.8 Å². The fourth-order valence-corrected chi connectivity index (χ4v) is 1.14. The van der Waals surface area contributed by atoms with Gasteiger partial charge in [-0.2, -0.15) is 0 Å². The summed E-state index contributed by atoms with van der Waals surface area (Å²) in [6.07, 6.45) is 2.03. The Morgan fingerprint density at radius 3 is 2.90 bits per heavy atom. The summed E-state index contributed by atoms with van der Waals surface area (Å²) in [6, 6.07) is 7.82. The highest BCUT2D eigenvalue weighted by Gasteiger charge is 1.91. The lowest BCUT2D eigenvalue weighted by molar-refractivity contribution is 0.471. The summed E-state index contributed by atoms with van der Waals surface area (Å²) >= 11 is 1.69. The van der Waals surface area contributed by atoms with Crippen LogP contribution in [0.3, 0.4) is 0 Å². The second-order valence-electron chi connectivity index (χ2n) is 1.82. The van der Waals surface area contributed by atoms with Gasteiger partial charge in [-0.15, -0.1) is 11.8 Å². The first-order valence-electron chi connectivity index (χ1n) is 2.93. The highest BCUT2D eigenvalue weighted by molar-refractivity contribution is 7.98. The van der Waals surface area contributed by atoms with Crippen LogP contribution in [0.1, 0.15) is 0 Å². The van der Waals surface area contributed by atoms with Crippen LogP contribution in [0.4, 0.5) is 0 Å². The first-order valence-corrected chi connectivity index (χ1v) is 4.15. The van der Waals surface area contributed by atoms with Crippen LogP contribution < -0.4 is 4.74 Å². The molecule has 1 nitrogen and oxygen atoms in total. The van der Waals surface area contributed by atoms with Crippen molar-refractivity contribution in [2.24, 2.45) is 0 Å². The van der Waals surface area contributed by atoms with E-state index < -0.39 is 0 Å². The van der Waals surface area contributed by atoms with Crippen LogP contribution in [-0.4, -0.2) is 6.26 Å². The third-order valence-corrected chi connectivity index (χ3v) is 1.93. The van der Waals surface area contributed by atoms with Gasteiger partial charge in [0.1, 0.15) is 12.9 Å². The van der Waals surface area contributed by atoms with E-state index in [9.17, 15) is 0 Å². The molecule has 0 saturated carbocycles. The minimum absolute atomic E-state index is 0.812. The van der Waals surface area contributed by atoms with Gasteiger partial charge < -0.3 is 4.74 Å². The van der Waals surface area contributed by atoms with Crippen LogP contribution in [0.25, 0.3) is 0 Å². The molecule has 0 unspecified atom stereocenters. The summed E-state index contributed by atoms with van der Waals surface area (Å²) in [4.78, 5) is 1.20. The molecule has 0 spiro atoms. The summed E-state index contributed by atoms with van der Waals surface area (Å²) in [7, 11) is 3.32. The molecule has 1 aromatic carbocycles. The van der Waals surface area contributed by atoms with E-state index in [4.69, 9.17) is 4.74 Å². The summed E-state index contributed by atoms with van der Waals surface area (Å²) < 4.78 is 4.79. The minimum atomic E-state index is 0.812. The van der Waals surface area contributed by atoms with Crippen molar-refractivity contribution in [2.45, 2.75) is 4.90 Å². The smallest absolute Gasteiger partial charge is 0.122 e. The average molecular weight is 153 g/mol. The molecule has 0 amide bonds. The zero-order valence-corrected chi connectivity index (χ0v) is 6.65. The van der Waals surface area contributed by atoms with Gasteiger partial charge in [-0.25, -0.2) is 0 Å². The number of thioether (sulfide) groups is 1. The Morgan fingerprint density at radius 2 is 2.30 bits per heavy atom. The van der Waals surface area contributed by atoms with E-state index in [0.29, 0.717) is 0 Å². The molecule has 1 rings (SSSR count). The van der Waals surface area contributed by atoms with E-state index in [-0.39, 0.29) is 0 Å². The van der Waals surface area contributed by atoms with Crippen molar-refractivity contribution >= 4 is 11.8 Å². The summed E-state index contributed by atoms with van der Waals surface area (Å²) in [5.74, 6) is 0.812. The van der Waals surface area contributed by atoms with Crippen LogP contribution in [-0.2, 0) is 0 Å². The maximum Gasteiger partial charge on any atom is 0.122 e. The van der Waals surface area contributed by atoms with E-state index in [1.807, 2.05) is 30.5 Å². The summed E-state index contributed by atoms with van der Waals surface area (Å²) in [5, 5.41) is 0. The first kappa shape index (κ1) is 7.48. The molecule has 0 aliphatic heterocycles. The molecule has 0 aliphatic rings. The van der Waals surface area contributed by atoms with E-state index in [1.165, 1.54) is 4.90 Å². The Bertz CT molecular complexity index is 191. The zero-order chi connectivity index (χ0) is 7.40. The van der Waals surface area contributed by atoms with Crippen LogP contribution in [0.5, 0.6) is 5.75 Å². The highest BCUT2D eigenvalue weighted by Crippen LogP contribution is 2.19. The molecule has 0 atom stereocenters. The molecule has 0 saturated heterocycles. The van der Waals surface area contributed by atoms with Gasteiger partial charge in [0, 0.05) is 4.90 Å². The number of rotatable bonds is 2. The van der Waals surface area contributed by atoms with Gasteiger partial charge in [-0.3, -0.25) is 0 Å². The largest absolute Gasteiger partial charge is 0.490 e. The third-order valence-electron chi connectivity index (χ3n) is 1.21. The first-order chi connectivity index (χ1) is 4.86. The second-order valence-corrected chi connectivity index (χ2v) is 2.70. The van der Waals surface area contributed by atoms with Gasteiger partial charge in [-0.1, -0.05) is 6.07 Å². The quantitative estimate of drug-likeness (QED) is 0.604. The standard InChI is InChI=1S/C8H9OS/c1-9-7-4-3-5-8(6-7)10-2/h3-6H,1H2,2H3. The lowest BCUT2D eigenvalue weighted by atomic mass is 10.3. The topological polar surface area (TPSA) is 9.23 Å².